The molecule has 3 aliphatic rings. The summed E-state index contributed by atoms with van der Waals surface area (Å²) in [6.07, 6.45) is 3.91. The van der Waals surface area contributed by atoms with Gasteiger partial charge in [-0.15, -0.1) is 0 Å². The van der Waals surface area contributed by atoms with Gasteiger partial charge in [-0.2, -0.15) is 0 Å². The van der Waals surface area contributed by atoms with E-state index in [0.29, 0.717) is 18.3 Å². The second-order valence-electron chi connectivity index (χ2n) is 6.40. The average molecular weight is 240 g/mol. The highest BCUT2D eigenvalue weighted by Crippen LogP contribution is 2.61. The van der Waals surface area contributed by atoms with Gasteiger partial charge in [0.2, 0.25) is 0 Å². The molecular weight excluding hydrogens is 220 g/mol. The molecule has 0 spiro atoms. The van der Waals surface area contributed by atoms with Crippen molar-refractivity contribution < 1.29 is 20.1 Å². The molecule has 0 aliphatic heterocycles. The smallest absolute Gasteiger partial charge is 0.306 e. The van der Waals surface area contributed by atoms with Crippen molar-refractivity contribution in [1.82, 2.24) is 0 Å². The molecule has 0 radical (unpaired) electrons. The molecule has 0 aromatic rings. The summed E-state index contributed by atoms with van der Waals surface area (Å²) < 4.78 is 0. The van der Waals surface area contributed by atoms with Crippen molar-refractivity contribution >= 4 is 5.97 Å². The Morgan fingerprint density at radius 2 is 1.94 bits per heavy atom. The van der Waals surface area contributed by atoms with Gasteiger partial charge in [-0.05, 0) is 49.9 Å². The number of rotatable bonds is 2. The van der Waals surface area contributed by atoms with Crippen molar-refractivity contribution in [3.63, 3.8) is 0 Å². The van der Waals surface area contributed by atoms with Gasteiger partial charge in [0.05, 0.1) is 5.92 Å². The van der Waals surface area contributed by atoms with Crippen molar-refractivity contribution in [2.24, 2.45) is 29.1 Å². The second kappa shape index (κ2) is 3.69. The van der Waals surface area contributed by atoms with Gasteiger partial charge in [-0.25, -0.2) is 0 Å². The first-order valence-electron chi connectivity index (χ1n) is 6.61. The Morgan fingerprint density at radius 3 is 2.59 bits per heavy atom. The number of carbonyl (C=O) groups is 1. The average Bonchev–Trinajstić information content (AvgIpc) is 2.25. The van der Waals surface area contributed by atoms with E-state index in [0.717, 1.165) is 32.1 Å². The fourth-order valence-electron chi connectivity index (χ4n) is 4.86. The van der Waals surface area contributed by atoms with Crippen LogP contribution in [-0.4, -0.2) is 27.6 Å². The maximum absolute atomic E-state index is 11.4. The van der Waals surface area contributed by atoms with E-state index in [-0.39, 0.29) is 11.8 Å². The number of aliphatic hydroxyl groups is 2. The molecule has 3 fully saturated rings. The Morgan fingerprint density at radius 1 is 1.18 bits per heavy atom. The van der Waals surface area contributed by atoms with E-state index >= 15 is 0 Å². The summed E-state index contributed by atoms with van der Waals surface area (Å²) in [6, 6.07) is 0. The van der Waals surface area contributed by atoms with Gasteiger partial charge in [-0.3, -0.25) is 4.79 Å². The highest BCUT2D eigenvalue weighted by Gasteiger charge is 2.57. The Bertz CT molecular complexity index is 336. The monoisotopic (exact) mass is 240 g/mol. The minimum absolute atomic E-state index is 0.274. The van der Waals surface area contributed by atoms with Crippen molar-refractivity contribution in [3.8, 4) is 0 Å². The Kier molecular flexibility index (Phi) is 2.49. The highest BCUT2D eigenvalue weighted by molar-refractivity contribution is 5.70. The summed E-state index contributed by atoms with van der Waals surface area (Å²) in [6.45, 7) is 0. The van der Waals surface area contributed by atoms with Crippen LogP contribution in [0.15, 0.2) is 0 Å². The van der Waals surface area contributed by atoms with Gasteiger partial charge in [-0.1, -0.05) is 6.42 Å². The van der Waals surface area contributed by atoms with Crippen LogP contribution in [0.2, 0.25) is 0 Å². The topological polar surface area (TPSA) is 77.8 Å². The summed E-state index contributed by atoms with van der Waals surface area (Å²) in [7, 11) is 0. The molecule has 0 heterocycles. The second-order valence-corrected chi connectivity index (χ2v) is 6.40. The lowest BCUT2D eigenvalue weighted by atomic mass is 9.48. The van der Waals surface area contributed by atoms with Crippen LogP contribution in [0.4, 0.5) is 0 Å². The van der Waals surface area contributed by atoms with Gasteiger partial charge in [0, 0.05) is 5.41 Å². The lowest BCUT2D eigenvalue weighted by Crippen LogP contribution is -2.54. The lowest BCUT2D eigenvalue weighted by Gasteiger charge is -2.57. The first-order chi connectivity index (χ1) is 8.02. The molecule has 0 aromatic heterocycles. The van der Waals surface area contributed by atoms with Crippen LogP contribution in [0.3, 0.4) is 0 Å². The summed E-state index contributed by atoms with van der Waals surface area (Å²) in [4.78, 5) is 11.4. The third-order valence-corrected chi connectivity index (χ3v) is 5.52. The molecule has 3 N–H and O–H groups in total. The van der Waals surface area contributed by atoms with Crippen LogP contribution in [-0.2, 0) is 4.79 Å². The molecular formula is C13H20O4. The van der Waals surface area contributed by atoms with Crippen LogP contribution in [0.25, 0.3) is 0 Å². The normalized spacial score (nSPS) is 48.4. The summed E-state index contributed by atoms with van der Waals surface area (Å²) >= 11 is 0. The zero-order valence-electron chi connectivity index (χ0n) is 9.88. The van der Waals surface area contributed by atoms with Gasteiger partial charge in [0.15, 0.2) is 6.29 Å². The minimum Gasteiger partial charge on any atom is -0.481 e. The summed E-state index contributed by atoms with van der Waals surface area (Å²) in [5, 5.41) is 28.7. The van der Waals surface area contributed by atoms with Crippen LogP contribution < -0.4 is 0 Å². The predicted molar refractivity (Wildman–Crippen MR) is 60.0 cm³/mol. The molecule has 3 saturated carbocycles. The van der Waals surface area contributed by atoms with Crippen LogP contribution >= 0.6 is 0 Å². The van der Waals surface area contributed by atoms with E-state index < -0.39 is 17.7 Å². The Hall–Kier alpha value is -0.610. The summed E-state index contributed by atoms with van der Waals surface area (Å²) in [5.74, 6) is 0.151. The van der Waals surface area contributed by atoms with Crippen molar-refractivity contribution in [2.45, 2.75) is 44.8 Å². The molecule has 96 valence electrons. The zero-order valence-corrected chi connectivity index (χ0v) is 9.88. The maximum Gasteiger partial charge on any atom is 0.306 e. The first-order valence-corrected chi connectivity index (χ1v) is 6.61. The van der Waals surface area contributed by atoms with Gasteiger partial charge < -0.3 is 15.3 Å². The molecule has 3 rings (SSSR count). The van der Waals surface area contributed by atoms with E-state index in [4.69, 9.17) is 0 Å². The number of aliphatic carboxylic acids is 1. The largest absolute Gasteiger partial charge is 0.481 e. The van der Waals surface area contributed by atoms with E-state index in [1.165, 1.54) is 0 Å². The van der Waals surface area contributed by atoms with E-state index in [9.17, 15) is 20.1 Å². The fraction of sp³-hybridized carbons (Fsp3) is 0.923. The fourth-order valence-corrected chi connectivity index (χ4v) is 4.86. The number of aliphatic hydroxyl groups excluding tert-OH is 1. The van der Waals surface area contributed by atoms with Crippen LogP contribution in [0, 0.1) is 29.1 Å². The number of hydrogen-bond donors (Lipinski definition) is 3. The quantitative estimate of drug-likeness (QED) is 0.634. The van der Waals surface area contributed by atoms with Gasteiger partial charge >= 0.3 is 5.97 Å². The molecule has 3 aliphatic carbocycles. The Labute approximate surface area is 101 Å². The summed E-state index contributed by atoms with van der Waals surface area (Å²) in [5.41, 5.74) is -0.534. The molecule has 4 heteroatoms. The SMILES string of the molecule is O=C(O)C1CC2(C(O)O)CC3CCC1C(C3)C2. The minimum atomic E-state index is -1.35. The van der Waals surface area contributed by atoms with Crippen molar-refractivity contribution in [3.05, 3.63) is 0 Å². The highest BCUT2D eigenvalue weighted by atomic mass is 16.5. The lowest BCUT2D eigenvalue weighted by molar-refractivity contribution is -0.209. The number of carboxylic acids is 1. The van der Waals surface area contributed by atoms with Gasteiger partial charge in [0.1, 0.15) is 0 Å². The third kappa shape index (κ3) is 1.61. The molecule has 4 nitrogen and oxygen atoms in total. The zero-order chi connectivity index (χ0) is 12.2. The van der Waals surface area contributed by atoms with Crippen LogP contribution in [0.5, 0.6) is 0 Å². The van der Waals surface area contributed by atoms with E-state index in [1.54, 1.807) is 0 Å². The number of hydrogen-bond acceptors (Lipinski definition) is 3. The standard InChI is InChI=1S/C13H20O4/c14-11(15)10-6-13(12(16)17)4-7-1-2-9(10)8(3-7)5-13/h7-10,12,16-17H,1-6H2,(H,14,15). The molecule has 5 atom stereocenters. The van der Waals surface area contributed by atoms with E-state index in [2.05, 4.69) is 0 Å². The van der Waals surface area contributed by atoms with Crippen LogP contribution in [0.1, 0.15) is 38.5 Å². The molecule has 3 bridgehead atoms. The molecule has 0 amide bonds. The Balaban J connectivity index is 1.96. The molecule has 0 aromatic carbocycles. The van der Waals surface area contributed by atoms with Crippen molar-refractivity contribution in [2.75, 3.05) is 0 Å². The number of fused-ring (bicyclic) bond motifs is 2. The maximum atomic E-state index is 11.4. The first kappa shape index (κ1) is 11.5. The van der Waals surface area contributed by atoms with Crippen molar-refractivity contribution in [1.29, 1.82) is 0 Å². The molecule has 17 heavy (non-hydrogen) atoms. The number of carboxylic acid groups (broad SMARTS) is 1. The molecule has 5 unspecified atom stereocenters. The molecule has 0 saturated heterocycles. The van der Waals surface area contributed by atoms with Gasteiger partial charge in [0.25, 0.3) is 0 Å². The third-order valence-electron chi connectivity index (χ3n) is 5.52. The van der Waals surface area contributed by atoms with E-state index in [1.807, 2.05) is 0 Å². The predicted octanol–water partition coefficient (Wildman–Crippen LogP) is 1.21.